The van der Waals surface area contributed by atoms with Gasteiger partial charge < -0.3 is 20.4 Å². The minimum absolute atomic E-state index is 0.156. The number of nitrogens with two attached hydrogens (primary N) is 1. The van der Waals surface area contributed by atoms with E-state index in [1.54, 1.807) is 0 Å². The zero-order valence-electron chi connectivity index (χ0n) is 23.2. The van der Waals surface area contributed by atoms with E-state index in [-0.39, 0.29) is 36.4 Å². The first-order valence-corrected chi connectivity index (χ1v) is 13.7. The fourth-order valence-corrected chi connectivity index (χ4v) is 5.20. The molecule has 1 fully saturated rings. The quantitative estimate of drug-likeness (QED) is 0.237. The maximum absolute atomic E-state index is 13.2. The highest BCUT2D eigenvalue weighted by Gasteiger charge is 2.31. The van der Waals surface area contributed by atoms with Crippen molar-refractivity contribution in [2.75, 3.05) is 12.4 Å². The second kappa shape index (κ2) is 11.8. The number of alkyl halides is 3. The summed E-state index contributed by atoms with van der Waals surface area (Å²) in [5.41, 5.74) is 7.75. The SMILES string of the molecule is COC(=O)c1nc(NC(CCC(N)=O)C2CCC2)c2c(n1)nc(-c1cccc(C)c1)n2Cc1ccc(C(F)(F)F)cc1. The topological polar surface area (TPSA) is 125 Å². The second-order valence-corrected chi connectivity index (χ2v) is 10.6. The molecule has 0 radical (unpaired) electrons. The number of methoxy groups -OCH3 is 1. The van der Waals surface area contributed by atoms with Crippen LogP contribution in [-0.2, 0) is 22.3 Å². The number of aryl methyl sites for hydroxylation is 1. The van der Waals surface area contributed by atoms with Crippen LogP contribution in [0.4, 0.5) is 19.0 Å². The standard InChI is InChI=1S/C30H31F3N6O3/c1-17-5-3-8-20(15-17)28-38-26-24(39(28)16-18-9-11-21(12-10-18)30(31,32)33)25(36-27(37-26)29(41)42-2)35-22(13-14-23(34)40)19-6-4-7-19/h3,5,8-12,15,19,22H,4,6-7,13-14,16H2,1-2H3,(H2,34,40)(H,35,36,37). The predicted molar refractivity (Wildman–Crippen MR) is 151 cm³/mol. The minimum atomic E-state index is -4.45. The van der Waals surface area contributed by atoms with Gasteiger partial charge in [0.25, 0.3) is 0 Å². The fourth-order valence-electron chi connectivity index (χ4n) is 5.20. The van der Waals surface area contributed by atoms with E-state index < -0.39 is 23.6 Å². The van der Waals surface area contributed by atoms with E-state index in [1.165, 1.54) is 19.2 Å². The van der Waals surface area contributed by atoms with Crippen LogP contribution in [0.25, 0.3) is 22.6 Å². The molecule has 42 heavy (non-hydrogen) atoms. The number of nitrogens with zero attached hydrogens (tertiary/aromatic N) is 4. The van der Waals surface area contributed by atoms with E-state index in [0.717, 1.165) is 42.5 Å². The number of amides is 1. The molecule has 0 spiro atoms. The zero-order valence-corrected chi connectivity index (χ0v) is 23.2. The van der Waals surface area contributed by atoms with Crippen LogP contribution in [0.15, 0.2) is 48.5 Å². The molecule has 1 atom stereocenters. The molecular formula is C30H31F3N6O3. The third-order valence-electron chi connectivity index (χ3n) is 7.61. The van der Waals surface area contributed by atoms with Gasteiger partial charge in [0, 0.05) is 24.6 Å². The number of carbonyl (C=O) groups excluding carboxylic acids is 2. The summed E-state index contributed by atoms with van der Waals surface area (Å²) in [6, 6.07) is 12.4. The summed E-state index contributed by atoms with van der Waals surface area (Å²) in [6.07, 6.45) is -0.816. The number of rotatable bonds is 10. The Balaban J connectivity index is 1.68. The summed E-state index contributed by atoms with van der Waals surface area (Å²) < 4.78 is 46.5. The molecule has 220 valence electrons. The molecule has 1 saturated carbocycles. The zero-order chi connectivity index (χ0) is 30.0. The first kappa shape index (κ1) is 29.0. The van der Waals surface area contributed by atoms with Crippen molar-refractivity contribution in [3.8, 4) is 11.4 Å². The summed E-state index contributed by atoms with van der Waals surface area (Å²) in [4.78, 5) is 37.9. The van der Waals surface area contributed by atoms with E-state index in [4.69, 9.17) is 15.5 Å². The van der Waals surface area contributed by atoms with E-state index >= 15 is 0 Å². The summed E-state index contributed by atoms with van der Waals surface area (Å²) in [5.74, 6) is -0.251. The first-order chi connectivity index (χ1) is 20.0. The molecule has 3 N–H and O–H groups in total. The van der Waals surface area contributed by atoms with Crippen molar-refractivity contribution in [1.29, 1.82) is 0 Å². The number of benzene rings is 2. The highest BCUT2D eigenvalue weighted by Crippen LogP contribution is 2.36. The molecular weight excluding hydrogens is 549 g/mol. The van der Waals surface area contributed by atoms with Gasteiger partial charge in [-0.3, -0.25) is 4.79 Å². The average molecular weight is 581 g/mol. The number of nitrogens with one attached hydrogen (secondary N) is 1. The molecule has 12 heteroatoms. The Morgan fingerprint density at radius 3 is 2.45 bits per heavy atom. The van der Waals surface area contributed by atoms with Crippen molar-refractivity contribution < 1.29 is 27.5 Å². The van der Waals surface area contributed by atoms with Crippen molar-refractivity contribution in [2.45, 2.75) is 57.8 Å². The van der Waals surface area contributed by atoms with Gasteiger partial charge in [-0.1, -0.05) is 42.3 Å². The van der Waals surface area contributed by atoms with Crippen molar-refractivity contribution in [2.24, 2.45) is 11.7 Å². The van der Waals surface area contributed by atoms with Crippen molar-refractivity contribution in [3.05, 3.63) is 71.0 Å². The Labute approximate surface area is 240 Å². The number of aromatic nitrogens is 4. The maximum atomic E-state index is 13.2. The second-order valence-electron chi connectivity index (χ2n) is 10.6. The van der Waals surface area contributed by atoms with Gasteiger partial charge in [0.05, 0.1) is 12.7 Å². The lowest BCUT2D eigenvalue weighted by Gasteiger charge is -2.34. The molecule has 1 unspecified atom stereocenters. The van der Waals surface area contributed by atoms with Gasteiger partial charge >= 0.3 is 12.1 Å². The number of imidazole rings is 1. The molecule has 1 aliphatic rings. The van der Waals surface area contributed by atoms with Crippen LogP contribution in [0.5, 0.6) is 0 Å². The van der Waals surface area contributed by atoms with Crippen molar-refractivity contribution in [1.82, 2.24) is 19.5 Å². The fraction of sp³-hybridized carbons (Fsp3) is 0.367. The van der Waals surface area contributed by atoms with Crippen molar-refractivity contribution >= 4 is 28.9 Å². The largest absolute Gasteiger partial charge is 0.463 e. The third kappa shape index (κ3) is 6.22. The Bertz CT molecular complexity index is 1610. The molecule has 0 saturated heterocycles. The molecule has 1 amide bonds. The molecule has 0 bridgehead atoms. The number of fused-ring (bicyclic) bond motifs is 1. The number of anilines is 1. The Hall–Kier alpha value is -4.48. The van der Waals surface area contributed by atoms with Crippen LogP contribution in [0.1, 0.15) is 59.4 Å². The molecule has 2 heterocycles. The summed E-state index contributed by atoms with van der Waals surface area (Å²) >= 11 is 0. The van der Waals surface area contributed by atoms with Crippen LogP contribution in [0.3, 0.4) is 0 Å². The van der Waals surface area contributed by atoms with Gasteiger partial charge in [-0.15, -0.1) is 0 Å². The number of ether oxygens (including phenoxy) is 1. The Kier molecular flexibility index (Phi) is 8.15. The van der Waals surface area contributed by atoms with Gasteiger partial charge in [-0.25, -0.2) is 19.7 Å². The monoisotopic (exact) mass is 580 g/mol. The number of esters is 1. The molecule has 4 aromatic rings. The van der Waals surface area contributed by atoms with Crippen LogP contribution in [0.2, 0.25) is 0 Å². The summed E-state index contributed by atoms with van der Waals surface area (Å²) in [7, 11) is 1.23. The van der Waals surface area contributed by atoms with E-state index in [1.807, 2.05) is 35.8 Å². The highest BCUT2D eigenvalue weighted by atomic mass is 19.4. The highest BCUT2D eigenvalue weighted by molar-refractivity contribution is 5.93. The number of carbonyl (C=O) groups is 2. The summed E-state index contributed by atoms with van der Waals surface area (Å²) in [5, 5.41) is 3.45. The number of hydrogen-bond acceptors (Lipinski definition) is 7. The molecule has 5 rings (SSSR count). The van der Waals surface area contributed by atoms with Crippen LogP contribution >= 0.6 is 0 Å². The molecule has 2 aromatic heterocycles. The Morgan fingerprint density at radius 1 is 1.12 bits per heavy atom. The number of hydrogen-bond donors (Lipinski definition) is 2. The predicted octanol–water partition coefficient (Wildman–Crippen LogP) is 5.50. The number of primary amides is 1. The molecule has 0 aliphatic heterocycles. The number of halogens is 3. The lowest BCUT2D eigenvalue weighted by Crippen LogP contribution is -2.35. The summed E-state index contributed by atoms with van der Waals surface area (Å²) in [6.45, 7) is 2.10. The Morgan fingerprint density at radius 2 is 1.86 bits per heavy atom. The first-order valence-electron chi connectivity index (χ1n) is 13.7. The lowest BCUT2D eigenvalue weighted by atomic mass is 9.78. The lowest BCUT2D eigenvalue weighted by molar-refractivity contribution is -0.137. The van der Waals surface area contributed by atoms with Gasteiger partial charge in [0.2, 0.25) is 11.7 Å². The maximum Gasteiger partial charge on any atom is 0.416 e. The smallest absolute Gasteiger partial charge is 0.416 e. The normalized spacial score (nSPS) is 14.4. The van der Waals surface area contributed by atoms with E-state index in [0.29, 0.717) is 29.1 Å². The van der Waals surface area contributed by atoms with E-state index in [2.05, 4.69) is 15.3 Å². The third-order valence-corrected chi connectivity index (χ3v) is 7.61. The van der Waals surface area contributed by atoms with Crippen molar-refractivity contribution in [3.63, 3.8) is 0 Å². The molecule has 2 aromatic carbocycles. The molecule has 9 nitrogen and oxygen atoms in total. The van der Waals surface area contributed by atoms with E-state index in [9.17, 15) is 22.8 Å². The van der Waals surface area contributed by atoms with Crippen LogP contribution in [0, 0.1) is 12.8 Å². The minimum Gasteiger partial charge on any atom is -0.463 e. The molecule has 1 aliphatic carbocycles. The van der Waals surface area contributed by atoms with Gasteiger partial charge in [-0.05, 0) is 55.9 Å². The van der Waals surface area contributed by atoms with Crippen LogP contribution in [-0.4, -0.2) is 44.5 Å². The van der Waals surface area contributed by atoms with Crippen LogP contribution < -0.4 is 11.1 Å². The van der Waals surface area contributed by atoms with Gasteiger partial charge in [-0.2, -0.15) is 13.2 Å². The van der Waals surface area contributed by atoms with Gasteiger partial charge in [0.1, 0.15) is 11.3 Å². The van der Waals surface area contributed by atoms with Gasteiger partial charge in [0.15, 0.2) is 11.5 Å². The average Bonchev–Trinajstić information content (AvgIpc) is 3.28.